The first-order valence-corrected chi connectivity index (χ1v) is 8.36. The summed E-state index contributed by atoms with van der Waals surface area (Å²) in [6.45, 7) is 4.10. The number of halogens is 1. The van der Waals surface area contributed by atoms with Crippen LogP contribution in [-0.2, 0) is 0 Å². The molecule has 0 aliphatic heterocycles. The van der Waals surface area contributed by atoms with Gasteiger partial charge >= 0.3 is 0 Å². The van der Waals surface area contributed by atoms with E-state index in [0.29, 0.717) is 33.4 Å². The van der Waals surface area contributed by atoms with E-state index in [0.717, 1.165) is 10.8 Å². The predicted octanol–water partition coefficient (Wildman–Crippen LogP) is 4.13. The normalized spacial score (nSPS) is 11.2. The first-order valence-electron chi connectivity index (χ1n) is 7.11. The maximum Gasteiger partial charge on any atom is 0.190 e. The van der Waals surface area contributed by atoms with E-state index in [1.807, 2.05) is 5.38 Å². The number of thiazole rings is 1. The fourth-order valence-corrected chi connectivity index (χ4v) is 3.35. The van der Waals surface area contributed by atoms with Crippen molar-refractivity contribution in [3.05, 3.63) is 38.8 Å². The van der Waals surface area contributed by atoms with Crippen LogP contribution >= 0.6 is 22.9 Å². The average molecular weight is 350 g/mol. The minimum atomic E-state index is -0.107. The highest BCUT2D eigenvalue weighted by molar-refractivity contribution is 7.14. The molecule has 120 valence electrons. The van der Waals surface area contributed by atoms with Crippen molar-refractivity contribution in [3.63, 3.8) is 0 Å². The van der Waals surface area contributed by atoms with Gasteiger partial charge in [0.1, 0.15) is 5.75 Å². The monoisotopic (exact) mass is 349 g/mol. The molecule has 2 heterocycles. The Balaban J connectivity index is 2.10. The van der Waals surface area contributed by atoms with Crippen molar-refractivity contribution in [1.82, 2.24) is 9.97 Å². The van der Waals surface area contributed by atoms with E-state index in [2.05, 4.69) is 29.1 Å². The summed E-state index contributed by atoms with van der Waals surface area (Å²) in [5.74, 6) is 0.521. The molecule has 1 aromatic carbocycles. The topological polar surface area (TPSA) is 67.0 Å². The number of pyridine rings is 1. The smallest absolute Gasteiger partial charge is 0.190 e. The second-order valence-electron chi connectivity index (χ2n) is 5.42. The van der Waals surface area contributed by atoms with Gasteiger partial charge in [-0.1, -0.05) is 11.6 Å². The van der Waals surface area contributed by atoms with Crippen molar-refractivity contribution >= 4 is 39.0 Å². The third kappa shape index (κ3) is 3.18. The Labute approximate surface area is 142 Å². The molecule has 0 amide bonds. The zero-order chi connectivity index (χ0) is 16.6. The van der Waals surface area contributed by atoms with Gasteiger partial charge in [-0.3, -0.25) is 4.79 Å². The number of hydrogen-bond acceptors (Lipinski definition) is 5. The van der Waals surface area contributed by atoms with Gasteiger partial charge in [-0.25, -0.2) is 4.98 Å². The van der Waals surface area contributed by atoms with Crippen LogP contribution in [0.4, 0.5) is 5.13 Å². The van der Waals surface area contributed by atoms with Crippen LogP contribution < -0.4 is 15.5 Å². The molecule has 0 bridgehead atoms. The molecule has 3 aromatic rings. The summed E-state index contributed by atoms with van der Waals surface area (Å²) in [6, 6.07) is 5.18. The molecule has 3 rings (SSSR count). The number of methoxy groups -OCH3 is 1. The Morgan fingerprint density at radius 1 is 1.35 bits per heavy atom. The quantitative estimate of drug-likeness (QED) is 0.743. The number of aromatic amines is 1. The maximum absolute atomic E-state index is 12.3. The van der Waals surface area contributed by atoms with E-state index >= 15 is 0 Å². The van der Waals surface area contributed by atoms with Gasteiger partial charge in [-0.05, 0) is 19.9 Å². The molecule has 0 atom stereocenters. The number of rotatable bonds is 4. The summed E-state index contributed by atoms with van der Waals surface area (Å²) in [4.78, 5) is 20.1. The summed E-state index contributed by atoms with van der Waals surface area (Å²) in [5.41, 5.74) is 1.95. The number of nitrogens with one attached hydrogen (secondary N) is 2. The molecule has 0 aliphatic carbocycles. The lowest BCUT2D eigenvalue weighted by Gasteiger charge is -2.07. The van der Waals surface area contributed by atoms with Crippen molar-refractivity contribution in [2.45, 2.75) is 19.9 Å². The molecular weight excluding hydrogens is 334 g/mol. The molecule has 23 heavy (non-hydrogen) atoms. The second kappa shape index (κ2) is 6.22. The van der Waals surface area contributed by atoms with Crippen LogP contribution in [0.2, 0.25) is 5.02 Å². The van der Waals surface area contributed by atoms with Crippen LogP contribution in [0.5, 0.6) is 5.75 Å². The molecule has 0 radical (unpaired) electrons. The van der Waals surface area contributed by atoms with Crippen LogP contribution in [0.15, 0.2) is 28.4 Å². The molecule has 0 fully saturated rings. The zero-order valence-corrected chi connectivity index (χ0v) is 14.5. The number of H-pyrrole nitrogens is 1. The number of hydrogen-bond donors (Lipinski definition) is 2. The lowest BCUT2D eigenvalue weighted by Crippen LogP contribution is -2.09. The van der Waals surface area contributed by atoms with Gasteiger partial charge in [-0.2, -0.15) is 0 Å². The van der Waals surface area contributed by atoms with Crippen LogP contribution in [-0.4, -0.2) is 23.1 Å². The Morgan fingerprint density at radius 3 is 2.83 bits per heavy atom. The van der Waals surface area contributed by atoms with E-state index in [-0.39, 0.29) is 5.43 Å². The van der Waals surface area contributed by atoms with Crippen molar-refractivity contribution in [3.8, 4) is 17.1 Å². The molecule has 0 saturated heterocycles. The minimum absolute atomic E-state index is 0.107. The molecule has 0 spiro atoms. The summed E-state index contributed by atoms with van der Waals surface area (Å²) < 4.78 is 5.21. The number of nitrogens with zero attached hydrogens (tertiary/aromatic N) is 1. The highest BCUT2D eigenvalue weighted by atomic mass is 35.5. The summed E-state index contributed by atoms with van der Waals surface area (Å²) in [5, 5.41) is 6.92. The fraction of sp³-hybridized carbons (Fsp3) is 0.250. The van der Waals surface area contributed by atoms with Crippen LogP contribution in [0, 0.1) is 0 Å². The van der Waals surface area contributed by atoms with Crippen molar-refractivity contribution in [1.29, 1.82) is 0 Å². The Hall–Kier alpha value is -2.05. The summed E-state index contributed by atoms with van der Waals surface area (Å²) >= 11 is 7.59. The molecular formula is C16H16ClN3O2S. The minimum Gasteiger partial charge on any atom is -0.495 e. The van der Waals surface area contributed by atoms with E-state index in [9.17, 15) is 4.79 Å². The highest BCUT2D eigenvalue weighted by Gasteiger charge is 2.11. The molecule has 2 aromatic heterocycles. The number of ether oxygens (including phenoxy) is 1. The van der Waals surface area contributed by atoms with Gasteiger partial charge < -0.3 is 15.0 Å². The van der Waals surface area contributed by atoms with Gasteiger partial charge in [-0.15, -0.1) is 11.3 Å². The van der Waals surface area contributed by atoms with E-state index in [4.69, 9.17) is 16.3 Å². The first kappa shape index (κ1) is 15.8. The summed E-state index contributed by atoms with van der Waals surface area (Å²) in [7, 11) is 1.54. The van der Waals surface area contributed by atoms with Gasteiger partial charge in [0.05, 0.1) is 29.0 Å². The Bertz CT molecular complexity index is 917. The van der Waals surface area contributed by atoms with Crippen molar-refractivity contribution < 1.29 is 4.74 Å². The van der Waals surface area contributed by atoms with Crippen LogP contribution in [0.3, 0.4) is 0 Å². The fourth-order valence-electron chi connectivity index (χ4n) is 2.26. The standard InChI is InChI=1S/C16H16ClN3O2S/c1-8(2)18-16-20-13(7-23-16)12-5-14(21)9-4-10(17)15(22-3)6-11(9)19-12/h4-8H,1-3H3,(H,18,20)(H,19,21). The third-order valence-electron chi connectivity index (χ3n) is 3.29. The summed E-state index contributed by atoms with van der Waals surface area (Å²) in [6.07, 6.45) is 0. The average Bonchev–Trinajstić information content (AvgIpc) is 2.95. The lowest BCUT2D eigenvalue weighted by atomic mass is 10.1. The molecule has 5 nitrogen and oxygen atoms in total. The molecule has 7 heteroatoms. The predicted molar refractivity (Wildman–Crippen MR) is 96.0 cm³/mol. The SMILES string of the molecule is COc1cc2[nH]c(-c3csc(NC(C)C)n3)cc(=O)c2cc1Cl. The molecule has 0 unspecified atom stereocenters. The molecule has 0 saturated carbocycles. The van der Waals surface area contributed by atoms with Gasteiger partial charge in [0.15, 0.2) is 10.6 Å². The Kier molecular flexibility index (Phi) is 4.28. The lowest BCUT2D eigenvalue weighted by molar-refractivity contribution is 0.415. The number of benzene rings is 1. The third-order valence-corrected chi connectivity index (χ3v) is 4.36. The largest absolute Gasteiger partial charge is 0.495 e. The van der Waals surface area contributed by atoms with Crippen LogP contribution in [0.1, 0.15) is 13.8 Å². The second-order valence-corrected chi connectivity index (χ2v) is 6.68. The molecule has 0 aliphatic rings. The van der Waals surface area contributed by atoms with Crippen molar-refractivity contribution in [2.24, 2.45) is 0 Å². The number of anilines is 1. The number of aromatic nitrogens is 2. The van der Waals surface area contributed by atoms with Gasteiger partial charge in [0.2, 0.25) is 0 Å². The van der Waals surface area contributed by atoms with Crippen LogP contribution in [0.25, 0.3) is 22.3 Å². The number of fused-ring (bicyclic) bond motifs is 1. The molecule has 2 N–H and O–H groups in total. The van der Waals surface area contributed by atoms with E-state index in [1.165, 1.54) is 11.3 Å². The van der Waals surface area contributed by atoms with Gasteiger partial charge in [0.25, 0.3) is 0 Å². The van der Waals surface area contributed by atoms with Crippen molar-refractivity contribution in [2.75, 3.05) is 12.4 Å². The maximum atomic E-state index is 12.3. The van der Waals surface area contributed by atoms with Gasteiger partial charge in [0, 0.05) is 28.9 Å². The Morgan fingerprint density at radius 2 is 2.13 bits per heavy atom. The van der Waals surface area contributed by atoms with E-state index in [1.54, 1.807) is 25.3 Å². The highest BCUT2D eigenvalue weighted by Crippen LogP contribution is 2.29. The first-order chi connectivity index (χ1) is 11.0. The zero-order valence-electron chi connectivity index (χ0n) is 12.9. The van der Waals surface area contributed by atoms with E-state index < -0.39 is 0 Å².